The van der Waals surface area contributed by atoms with Crippen LogP contribution >= 0.6 is 7.37 Å². The lowest BCUT2D eigenvalue weighted by atomic mass is 10.3. The zero-order valence-corrected chi connectivity index (χ0v) is 11.0. The number of benzene rings is 2. The van der Waals surface area contributed by atoms with Gasteiger partial charge in [0.25, 0.3) is 7.37 Å². The summed E-state index contributed by atoms with van der Waals surface area (Å²) in [5.41, 5.74) is 0. The molecule has 0 bridgehead atoms. The molecule has 0 unspecified atom stereocenters. The molecule has 0 aliphatic heterocycles. The van der Waals surface area contributed by atoms with E-state index in [-0.39, 0.29) is 5.75 Å². The number of rotatable bonds is 4. The van der Waals surface area contributed by atoms with Gasteiger partial charge in [0.1, 0.15) is 5.75 Å². The summed E-state index contributed by atoms with van der Waals surface area (Å²) >= 11 is 0. The van der Waals surface area contributed by atoms with Crippen molar-refractivity contribution in [2.75, 3.05) is 6.61 Å². The molecule has 0 saturated heterocycles. The third kappa shape index (κ3) is 2.33. The number of hydrogen-bond acceptors (Lipinski definition) is 3. The summed E-state index contributed by atoms with van der Waals surface area (Å²) in [7, 11) is -3.21. The Hall–Kier alpha value is -1.57. The summed E-state index contributed by atoms with van der Waals surface area (Å²) in [5, 5.41) is 10.8. The Morgan fingerprint density at radius 3 is 2.28 bits per heavy atom. The molecular formula is C14H15O3P. The van der Waals surface area contributed by atoms with Crippen LogP contribution in [0.2, 0.25) is 0 Å². The van der Waals surface area contributed by atoms with Crippen LogP contribution in [0.5, 0.6) is 5.75 Å². The van der Waals surface area contributed by atoms with Crippen molar-refractivity contribution in [3.8, 4) is 5.75 Å². The number of hydrogen-bond donors (Lipinski definition) is 1. The van der Waals surface area contributed by atoms with E-state index in [1.54, 1.807) is 49.4 Å². The van der Waals surface area contributed by atoms with Gasteiger partial charge in [-0.1, -0.05) is 30.3 Å². The number of aromatic hydroxyl groups is 1. The molecule has 0 aliphatic carbocycles. The molecule has 0 aromatic heterocycles. The van der Waals surface area contributed by atoms with Crippen LogP contribution in [0, 0.1) is 0 Å². The van der Waals surface area contributed by atoms with Gasteiger partial charge in [-0.2, -0.15) is 0 Å². The van der Waals surface area contributed by atoms with Crippen molar-refractivity contribution in [3.05, 3.63) is 54.6 Å². The monoisotopic (exact) mass is 262 g/mol. The summed E-state index contributed by atoms with van der Waals surface area (Å²) in [6, 6.07) is 15.6. The Morgan fingerprint density at radius 2 is 1.67 bits per heavy atom. The second-order valence-electron chi connectivity index (χ2n) is 3.79. The van der Waals surface area contributed by atoms with E-state index in [0.717, 1.165) is 0 Å². The minimum atomic E-state index is -3.21. The molecule has 94 valence electrons. The third-order valence-electron chi connectivity index (χ3n) is 2.61. The molecule has 0 aliphatic rings. The predicted octanol–water partition coefficient (Wildman–Crippen LogP) is 2.66. The first-order valence-corrected chi connectivity index (χ1v) is 7.39. The molecule has 0 heterocycles. The van der Waals surface area contributed by atoms with E-state index < -0.39 is 7.37 Å². The fourth-order valence-electron chi connectivity index (χ4n) is 1.80. The van der Waals surface area contributed by atoms with Gasteiger partial charge < -0.3 is 9.63 Å². The molecular weight excluding hydrogens is 247 g/mol. The van der Waals surface area contributed by atoms with Crippen molar-refractivity contribution in [1.29, 1.82) is 0 Å². The Morgan fingerprint density at radius 1 is 1.06 bits per heavy atom. The molecule has 0 saturated carbocycles. The SMILES string of the molecule is CCO[P@@](=O)(c1ccccc1)c1ccccc1O. The maximum absolute atomic E-state index is 13.1. The molecule has 18 heavy (non-hydrogen) atoms. The van der Waals surface area contributed by atoms with E-state index in [4.69, 9.17) is 4.52 Å². The highest BCUT2D eigenvalue weighted by Crippen LogP contribution is 2.46. The van der Waals surface area contributed by atoms with E-state index in [9.17, 15) is 9.67 Å². The summed E-state index contributed by atoms with van der Waals surface area (Å²) in [6.07, 6.45) is 0. The topological polar surface area (TPSA) is 46.5 Å². The van der Waals surface area contributed by atoms with Crippen molar-refractivity contribution >= 4 is 18.0 Å². The highest BCUT2D eigenvalue weighted by molar-refractivity contribution is 7.74. The average Bonchev–Trinajstić information content (AvgIpc) is 2.40. The van der Waals surface area contributed by atoms with Crippen molar-refractivity contribution in [2.45, 2.75) is 6.92 Å². The first-order valence-electron chi connectivity index (χ1n) is 5.77. The fraction of sp³-hybridized carbons (Fsp3) is 0.143. The number of para-hydroxylation sites is 1. The summed E-state index contributed by atoms with van der Waals surface area (Å²) in [6.45, 7) is 2.11. The molecule has 1 atom stereocenters. The molecule has 1 N–H and O–H groups in total. The van der Waals surface area contributed by atoms with Crippen molar-refractivity contribution < 1.29 is 14.2 Å². The van der Waals surface area contributed by atoms with Crippen LogP contribution in [-0.4, -0.2) is 11.7 Å². The summed E-state index contributed by atoms with van der Waals surface area (Å²) in [5.74, 6) is -0.00173. The molecule has 2 aromatic carbocycles. The van der Waals surface area contributed by atoms with Crippen LogP contribution in [0.25, 0.3) is 0 Å². The van der Waals surface area contributed by atoms with Gasteiger partial charge in [0.05, 0.1) is 11.9 Å². The Bertz CT molecular complexity index is 566. The van der Waals surface area contributed by atoms with Crippen LogP contribution in [-0.2, 0) is 9.09 Å². The zero-order valence-electron chi connectivity index (χ0n) is 10.1. The maximum atomic E-state index is 13.1. The van der Waals surface area contributed by atoms with Crippen molar-refractivity contribution in [1.82, 2.24) is 0 Å². The van der Waals surface area contributed by atoms with Crippen molar-refractivity contribution in [2.24, 2.45) is 0 Å². The first kappa shape index (κ1) is 12.9. The van der Waals surface area contributed by atoms with Gasteiger partial charge in [0, 0.05) is 5.30 Å². The summed E-state index contributed by atoms with van der Waals surface area (Å²) < 4.78 is 18.5. The maximum Gasteiger partial charge on any atom is 0.264 e. The molecule has 3 nitrogen and oxygen atoms in total. The predicted molar refractivity (Wildman–Crippen MR) is 73.0 cm³/mol. The standard InChI is InChI=1S/C14H15O3P/c1-2-17-18(16,12-8-4-3-5-9-12)14-11-7-6-10-13(14)15/h3-11,15H,2H2,1H3/t18-/m0/s1. The molecule has 0 fully saturated rings. The first-order chi connectivity index (χ1) is 8.68. The third-order valence-corrected chi connectivity index (χ3v) is 5.22. The Labute approximate surface area is 107 Å². The lowest BCUT2D eigenvalue weighted by molar-refractivity contribution is 0.347. The molecule has 0 spiro atoms. The van der Waals surface area contributed by atoms with Gasteiger partial charge in [0.2, 0.25) is 0 Å². The van der Waals surface area contributed by atoms with Gasteiger partial charge >= 0.3 is 0 Å². The van der Waals surface area contributed by atoms with E-state index in [0.29, 0.717) is 17.2 Å². The fourth-order valence-corrected chi connectivity index (χ4v) is 3.96. The lowest BCUT2D eigenvalue weighted by Crippen LogP contribution is -2.18. The van der Waals surface area contributed by atoms with Crippen molar-refractivity contribution in [3.63, 3.8) is 0 Å². The van der Waals surface area contributed by atoms with E-state index >= 15 is 0 Å². The van der Waals surface area contributed by atoms with Gasteiger partial charge in [-0.25, -0.2) is 0 Å². The second kappa shape index (κ2) is 5.38. The molecule has 2 aromatic rings. The van der Waals surface area contributed by atoms with Crippen LogP contribution in [0.1, 0.15) is 6.92 Å². The molecule has 4 heteroatoms. The van der Waals surface area contributed by atoms with Crippen LogP contribution in [0.3, 0.4) is 0 Å². The smallest absolute Gasteiger partial charge is 0.264 e. The minimum absolute atomic E-state index is 0.00173. The van der Waals surface area contributed by atoms with E-state index in [2.05, 4.69) is 0 Å². The molecule has 2 rings (SSSR count). The van der Waals surface area contributed by atoms with Gasteiger partial charge in [-0.15, -0.1) is 0 Å². The highest BCUT2D eigenvalue weighted by Gasteiger charge is 2.30. The average molecular weight is 262 g/mol. The normalized spacial score (nSPS) is 14.1. The van der Waals surface area contributed by atoms with Crippen LogP contribution in [0.4, 0.5) is 0 Å². The highest BCUT2D eigenvalue weighted by atomic mass is 31.2. The van der Waals surface area contributed by atoms with Gasteiger partial charge in [0.15, 0.2) is 0 Å². The zero-order chi connectivity index (χ0) is 13.0. The van der Waals surface area contributed by atoms with E-state index in [1.807, 2.05) is 6.07 Å². The Kier molecular flexibility index (Phi) is 3.85. The van der Waals surface area contributed by atoms with Gasteiger partial charge in [-0.3, -0.25) is 4.57 Å². The largest absolute Gasteiger partial charge is 0.507 e. The molecule has 0 amide bonds. The van der Waals surface area contributed by atoms with Crippen LogP contribution in [0.15, 0.2) is 54.6 Å². The number of phenolic OH excluding ortho intramolecular Hbond substituents is 1. The van der Waals surface area contributed by atoms with Crippen LogP contribution < -0.4 is 10.6 Å². The quantitative estimate of drug-likeness (QED) is 0.862. The van der Waals surface area contributed by atoms with E-state index in [1.165, 1.54) is 6.07 Å². The lowest BCUT2D eigenvalue weighted by Gasteiger charge is -2.19. The van der Waals surface area contributed by atoms with Gasteiger partial charge in [-0.05, 0) is 31.2 Å². The summed E-state index contributed by atoms with van der Waals surface area (Å²) in [4.78, 5) is 0. The number of phenols is 1. The minimum Gasteiger partial charge on any atom is -0.507 e. The Balaban J connectivity index is 2.59. The second-order valence-corrected chi connectivity index (χ2v) is 6.15. The molecule has 0 radical (unpaired) electrons.